The molecule has 1 fully saturated rings. The predicted octanol–water partition coefficient (Wildman–Crippen LogP) is 4.49. The minimum absolute atomic E-state index is 0.0460. The Morgan fingerprint density at radius 1 is 1.05 bits per heavy atom. The van der Waals surface area contributed by atoms with Crippen molar-refractivity contribution in [3.63, 3.8) is 0 Å². The number of hydrogen-bond donors (Lipinski definition) is 1. The van der Waals surface area contributed by atoms with Gasteiger partial charge in [0.05, 0.1) is 19.3 Å². The third-order valence-electron chi connectivity index (χ3n) is 7.11. The van der Waals surface area contributed by atoms with Gasteiger partial charge in [0.1, 0.15) is 11.6 Å². The summed E-state index contributed by atoms with van der Waals surface area (Å²) in [6.45, 7) is 5.82. The van der Waals surface area contributed by atoms with Gasteiger partial charge in [0.25, 0.3) is 5.91 Å². The van der Waals surface area contributed by atoms with Gasteiger partial charge in [-0.2, -0.15) is 0 Å². The van der Waals surface area contributed by atoms with Gasteiger partial charge in [0.2, 0.25) is 0 Å². The van der Waals surface area contributed by atoms with Crippen molar-refractivity contribution >= 4 is 5.91 Å². The van der Waals surface area contributed by atoms with E-state index in [2.05, 4.69) is 34.6 Å². The Labute approximate surface area is 218 Å². The van der Waals surface area contributed by atoms with E-state index in [9.17, 15) is 9.18 Å². The van der Waals surface area contributed by atoms with Gasteiger partial charge in [-0.3, -0.25) is 15.1 Å². The van der Waals surface area contributed by atoms with Crippen LogP contribution in [0.3, 0.4) is 0 Å². The standard InChI is InChI=1S/C30H34FN3O3/c1-2-28(30(35)32-34-16-18-36-19-17-34)37-25-13-12-22-14-15-33(21-24-10-6-7-11-27(24)31)29(26(22)20-25)23-8-4-3-5-9-23/h3-13,20,28-29H,2,14-19,21H2,1H3,(H,32,35)/t28-,29+/m0/s1. The van der Waals surface area contributed by atoms with Crippen LogP contribution in [0.5, 0.6) is 5.75 Å². The van der Waals surface area contributed by atoms with Crippen molar-refractivity contribution in [1.29, 1.82) is 0 Å². The monoisotopic (exact) mass is 503 g/mol. The molecule has 0 aromatic heterocycles. The number of nitrogens with one attached hydrogen (secondary N) is 1. The maximum absolute atomic E-state index is 14.6. The van der Waals surface area contributed by atoms with Crippen molar-refractivity contribution in [2.24, 2.45) is 0 Å². The van der Waals surface area contributed by atoms with E-state index >= 15 is 0 Å². The Morgan fingerprint density at radius 3 is 2.57 bits per heavy atom. The lowest BCUT2D eigenvalue weighted by molar-refractivity contribution is -0.135. The summed E-state index contributed by atoms with van der Waals surface area (Å²) in [6, 6.07) is 23.4. The molecule has 3 aromatic rings. The second kappa shape index (κ2) is 11.9. The maximum atomic E-state index is 14.6. The van der Waals surface area contributed by atoms with E-state index in [-0.39, 0.29) is 17.8 Å². The van der Waals surface area contributed by atoms with Gasteiger partial charge in [-0.1, -0.05) is 61.5 Å². The first-order valence-corrected chi connectivity index (χ1v) is 13.1. The zero-order valence-corrected chi connectivity index (χ0v) is 21.2. The van der Waals surface area contributed by atoms with Crippen LogP contribution >= 0.6 is 0 Å². The fourth-order valence-corrected chi connectivity index (χ4v) is 5.15. The molecular weight excluding hydrogens is 469 g/mol. The molecule has 5 rings (SSSR count). The Kier molecular flexibility index (Phi) is 8.14. The van der Waals surface area contributed by atoms with Crippen molar-refractivity contribution in [3.05, 3.63) is 101 Å². The third-order valence-corrected chi connectivity index (χ3v) is 7.11. The quantitative estimate of drug-likeness (QED) is 0.491. The summed E-state index contributed by atoms with van der Waals surface area (Å²) in [5.41, 5.74) is 7.19. The van der Waals surface area contributed by atoms with Crippen molar-refractivity contribution in [3.8, 4) is 5.75 Å². The topological polar surface area (TPSA) is 54.0 Å². The summed E-state index contributed by atoms with van der Waals surface area (Å²) >= 11 is 0. The summed E-state index contributed by atoms with van der Waals surface area (Å²) in [4.78, 5) is 15.3. The van der Waals surface area contributed by atoms with Gasteiger partial charge in [-0.25, -0.2) is 9.40 Å². The highest BCUT2D eigenvalue weighted by Gasteiger charge is 2.30. The minimum atomic E-state index is -0.603. The molecule has 2 atom stereocenters. The van der Waals surface area contributed by atoms with Crippen LogP contribution in [-0.4, -0.2) is 54.8 Å². The van der Waals surface area contributed by atoms with Crippen molar-refractivity contribution in [2.75, 3.05) is 32.8 Å². The van der Waals surface area contributed by atoms with E-state index in [4.69, 9.17) is 9.47 Å². The number of carbonyl (C=O) groups is 1. The molecular formula is C30H34FN3O3. The summed E-state index contributed by atoms with van der Waals surface area (Å²) in [6.07, 6.45) is 0.811. The van der Waals surface area contributed by atoms with E-state index in [0.717, 1.165) is 24.1 Å². The Balaban J connectivity index is 1.40. The van der Waals surface area contributed by atoms with E-state index in [1.807, 2.05) is 48.3 Å². The van der Waals surface area contributed by atoms with E-state index in [0.29, 0.717) is 50.6 Å². The number of fused-ring (bicyclic) bond motifs is 1. The van der Waals surface area contributed by atoms with Crippen LogP contribution in [0.25, 0.3) is 0 Å². The van der Waals surface area contributed by atoms with Gasteiger partial charge in [-0.15, -0.1) is 0 Å². The Hall–Kier alpha value is -3.26. The number of nitrogens with zero attached hydrogens (tertiary/aromatic N) is 2. The van der Waals surface area contributed by atoms with Gasteiger partial charge >= 0.3 is 0 Å². The van der Waals surface area contributed by atoms with Gasteiger partial charge in [0.15, 0.2) is 6.10 Å². The number of rotatable bonds is 8. The molecule has 6 nitrogen and oxygen atoms in total. The SMILES string of the molecule is CC[C@H](Oc1ccc2c(c1)[C@@H](c1ccccc1)N(Cc1ccccc1F)CC2)C(=O)NN1CCOCC1. The summed E-state index contributed by atoms with van der Waals surface area (Å²) in [7, 11) is 0. The van der Waals surface area contributed by atoms with Crippen molar-refractivity contribution < 1.29 is 18.7 Å². The highest BCUT2D eigenvalue weighted by molar-refractivity contribution is 5.80. The van der Waals surface area contributed by atoms with Crippen LogP contribution in [0.2, 0.25) is 0 Å². The Bertz CT molecular complexity index is 1200. The average Bonchev–Trinajstić information content (AvgIpc) is 2.93. The highest BCUT2D eigenvalue weighted by atomic mass is 19.1. The summed E-state index contributed by atoms with van der Waals surface area (Å²) in [5.74, 6) is 0.327. The number of hydrogen-bond acceptors (Lipinski definition) is 5. The fourth-order valence-electron chi connectivity index (χ4n) is 5.15. The summed E-state index contributed by atoms with van der Waals surface area (Å²) in [5, 5.41) is 1.89. The first-order valence-electron chi connectivity index (χ1n) is 13.1. The van der Waals surface area contributed by atoms with Gasteiger partial charge in [0, 0.05) is 31.7 Å². The molecule has 7 heteroatoms. The van der Waals surface area contributed by atoms with E-state index in [1.54, 1.807) is 6.07 Å². The van der Waals surface area contributed by atoms with Gasteiger partial charge in [-0.05, 0) is 47.7 Å². The average molecular weight is 504 g/mol. The second-order valence-electron chi connectivity index (χ2n) is 9.58. The van der Waals surface area contributed by atoms with E-state index < -0.39 is 6.10 Å². The molecule has 2 heterocycles. The fraction of sp³-hybridized carbons (Fsp3) is 0.367. The molecule has 1 amide bonds. The van der Waals surface area contributed by atoms with Crippen LogP contribution in [-0.2, 0) is 22.5 Å². The lowest BCUT2D eigenvalue weighted by Gasteiger charge is -2.38. The molecule has 2 aliphatic rings. The lowest BCUT2D eigenvalue weighted by Crippen LogP contribution is -2.52. The number of morpholine rings is 1. The number of halogens is 1. The van der Waals surface area contributed by atoms with Gasteiger partial charge < -0.3 is 9.47 Å². The van der Waals surface area contributed by atoms with Crippen LogP contribution < -0.4 is 10.2 Å². The molecule has 37 heavy (non-hydrogen) atoms. The van der Waals surface area contributed by atoms with Crippen LogP contribution in [0.15, 0.2) is 72.8 Å². The molecule has 2 aliphatic heterocycles. The summed E-state index contributed by atoms with van der Waals surface area (Å²) < 4.78 is 26.2. The molecule has 1 saturated heterocycles. The first-order chi connectivity index (χ1) is 18.1. The van der Waals surface area contributed by atoms with Crippen LogP contribution in [0.4, 0.5) is 4.39 Å². The first kappa shape index (κ1) is 25.4. The normalized spacial score (nSPS) is 19.1. The second-order valence-corrected chi connectivity index (χ2v) is 9.58. The molecule has 0 spiro atoms. The number of amides is 1. The van der Waals surface area contributed by atoms with E-state index in [1.165, 1.54) is 11.6 Å². The number of benzene rings is 3. The van der Waals surface area contributed by atoms with Crippen molar-refractivity contribution in [1.82, 2.24) is 15.3 Å². The molecule has 194 valence electrons. The molecule has 0 bridgehead atoms. The van der Waals surface area contributed by atoms with Crippen LogP contribution in [0.1, 0.15) is 41.6 Å². The van der Waals surface area contributed by atoms with Crippen molar-refractivity contribution in [2.45, 2.75) is 38.5 Å². The smallest absolute Gasteiger partial charge is 0.275 e. The minimum Gasteiger partial charge on any atom is -0.481 e. The van der Waals surface area contributed by atoms with Crippen LogP contribution in [0, 0.1) is 5.82 Å². The number of hydrazine groups is 1. The molecule has 0 saturated carbocycles. The maximum Gasteiger partial charge on any atom is 0.275 e. The molecule has 0 radical (unpaired) electrons. The third kappa shape index (κ3) is 6.01. The molecule has 1 N–H and O–H groups in total. The molecule has 0 unspecified atom stereocenters. The molecule has 0 aliphatic carbocycles. The largest absolute Gasteiger partial charge is 0.481 e. The molecule has 3 aromatic carbocycles. The Morgan fingerprint density at radius 2 is 1.81 bits per heavy atom. The zero-order valence-electron chi connectivity index (χ0n) is 21.2. The zero-order chi connectivity index (χ0) is 25.6. The predicted molar refractivity (Wildman–Crippen MR) is 140 cm³/mol. The number of ether oxygens (including phenoxy) is 2. The lowest BCUT2D eigenvalue weighted by atomic mass is 9.87. The number of carbonyl (C=O) groups excluding carboxylic acids is 1. The highest BCUT2D eigenvalue weighted by Crippen LogP contribution is 2.38.